The number of nitrogens with one attached hydrogen (secondary N) is 3. The lowest BCUT2D eigenvalue weighted by molar-refractivity contribution is -0.142. The Morgan fingerprint density at radius 1 is 0.774 bits per heavy atom. The second-order valence-corrected chi connectivity index (χ2v) is 8.12. The minimum atomic E-state index is -1.13. The van der Waals surface area contributed by atoms with Crippen LogP contribution < -0.4 is 33.2 Å². The zero-order chi connectivity index (χ0) is 23.6. The average Bonchev–Trinajstić information content (AvgIpc) is 2.74. The lowest BCUT2D eigenvalue weighted by atomic mass is 10.0. The van der Waals surface area contributed by atoms with Crippen molar-refractivity contribution < 1.29 is 24.3 Å². The van der Waals surface area contributed by atoms with Crippen LogP contribution in [-0.2, 0) is 19.2 Å². The minimum Gasteiger partial charge on any atom is -0.480 e. The number of unbranched alkanes of at least 4 members (excludes halogenated alkanes) is 2. The van der Waals surface area contributed by atoms with E-state index in [2.05, 4.69) is 16.0 Å². The van der Waals surface area contributed by atoms with Gasteiger partial charge in [0.15, 0.2) is 0 Å². The summed E-state index contributed by atoms with van der Waals surface area (Å²) >= 11 is 1.47. The third-order valence-electron chi connectivity index (χ3n) is 4.59. The van der Waals surface area contributed by atoms with E-state index < -0.39 is 41.8 Å². The first-order valence-electron chi connectivity index (χ1n) is 10.5. The molecule has 3 atom stereocenters. The van der Waals surface area contributed by atoms with Gasteiger partial charge < -0.3 is 38.3 Å². The van der Waals surface area contributed by atoms with Gasteiger partial charge in [-0.1, -0.05) is 0 Å². The molecule has 0 aliphatic heterocycles. The summed E-state index contributed by atoms with van der Waals surface area (Å²) < 4.78 is 0. The molecular weight excluding hydrogens is 424 g/mol. The topological polar surface area (TPSA) is 203 Å². The Morgan fingerprint density at radius 3 is 1.68 bits per heavy atom. The maximum absolute atomic E-state index is 12.8. The minimum absolute atomic E-state index is 0.264. The van der Waals surface area contributed by atoms with Crippen molar-refractivity contribution in [2.24, 2.45) is 17.2 Å². The molecule has 0 aliphatic rings. The highest BCUT2D eigenvalue weighted by Gasteiger charge is 2.28. The SMILES string of the molecule is CSCCC(NC(=O)C(CCCCN)NC(=O)C(CCCCN)NC(=O)CN)C(=O)O. The van der Waals surface area contributed by atoms with Gasteiger partial charge in [0.2, 0.25) is 17.7 Å². The molecular formula is C19H38N6O5S. The van der Waals surface area contributed by atoms with Gasteiger partial charge in [-0.15, -0.1) is 0 Å². The van der Waals surface area contributed by atoms with E-state index in [4.69, 9.17) is 17.2 Å². The molecule has 0 aliphatic carbocycles. The molecule has 0 aromatic heterocycles. The number of hydrogen-bond donors (Lipinski definition) is 7. The van der Waals surface area contributed by atoms with Crippen LogP contribution in [0.4, 0.5) is 0 Å². The summed E-state index contributed by atoms with van der Waals surface area (Å²) in [5.74, 6) is -2.16. The number of aliphatic carboxylic acids is 1. The number of amides is 3. The fraction of sp³-hybridized carbons (Fsp3) is 0.789. The van der Waals surface area contributed by atoms with Gasteiger partial charge in [0.25, 0.3) is 0 Å². The van der Waals surface area contributed by atoms with Gasteiger partial charge in [-0.25, -0.2) is 4.79 Å². The zero-order valence-electron chi connectivity index (χ0n) is 18.2. The monoisotopic (exact) mass is 462 g/mol. The summed E-state index contributed by atoms with van der Waals surface area (Å²) in [6, 6.07) is -2.85. The van der Waals surface area contributed by atoms with Crippen molar-refractivity contribution in [3.63, 3.8) is 0 Å². The Kier molecular flexibility index (Phi) is 16.7. The van der Waals surface area contributed by atoms with E-state index in [1.54, 1.807) is 0 Å². The number of thioether (sulfide) groups is 1. The van der Waals surface area contributed by atoms with Gasteiger partial charge in [0, 0.05) is 0 Å². The molecule has 0 saturated carbocycles. The highest BCUT2D eigenvalue weighted by molar-refractivity contribution is 7.98. The van der Waals surface area contributed by atoms with Crippen LogP contribution in [0.2, 0.25) is 0 Å². The van der Waals surface area contributed by atoms with Crippen molar-refractivity contribution in [2.75, 3.05) is 31.6 Å². The summed E-state index contributed by atoms with van der Waals surface area (Å²) in [5.41, 5.74) is 16.3. The first-order valence-corrected chi connectivity index (χ1v) is 11.9. The molecule has 0 aromatic carbocycles. The number of hydrogen-bond acceptors (Lipinski definition) is 8. The number of carboxylic acid groups (broad SMARTS) is 1. The summed E-state index contributed by atoms with van der Waals surface area (Å²) in [7, 11) is 0. The highest BCUT2D eigenvalue weighted by Crippen LogP contribution is 2.07. The van der Waals surface area contributed by atoms with Crippen LogP contribution in [0.25, 0.3) is 0 Å². The van der Waals surface area contributed by atoms with E-state index in [9.17, 15) is 24.3 Å². The van der Waals surface area contributed by atoms with E-state index in [0.29, 0.717) is 57.4 Å². The molecule has 0 fully saturated rings. The lowest BCUT2D eigenvalue weighted by Gasteiger charge is -2.24. The maximum Gasteiger partial charge on any atom is 0.326 e. The third-order valence-corrected chi connectivity index (χ3v) is 5.23. The summed E-state index contributed by atoms with van der Waals surface area (Å²) in [5, 5.41) is 17.1. The smallest absolute Gasteiger partial charge is 0.326 e. The van der Waals surface area contributed by atoms with Crippen LogP contribution in [0.5, 0.6) is 0 Å². The van der Waals surface area contributed by atoms with Crippen molar-refractivity contribution in [3.05, 3.63) is 0 Å². The Balaban J connectivity index is 5.27. The fourth-order valence-electron chi connectivity index (χ4n) is 2.81. The van der Waals surface area contributed by atoms with Gasteiger partial charge in [-0.05, 0) is 70.0 Å². The molecule has 31 heavy (non-hydrogen) atoms. The summed E-state index contributed by atoms with van der Waals surface area (Å²) in [6.45, 7) is 0.620. The first-order chi connectivity index (χ1) is 14.8. The van der Waals surface area contributed by atoms with Gasteiger partial charge in [0.05, 0.1) is 6.54 Å². The molecule has 0 saturated heterocycles. The normalized spacial score (nSPS) is 13.7. The lowest BCUT2D eigenvalue weighted by Crippen LogP contribution is -2.56. The second-order valence-electron chi connectivity index (χ2n) is 7.14. The molecule has 180 valence electrons. The largest absolute Gasteiger partial charge is 0.480 e. The molecule has 0 bridgehead atoms. The van der Waals surface area contributed by atoms with Crippen LogP contribution in [-0.4, -0.2) is 78.6 Å². The molecule has 12 heteroatoms. The molecule has 3 unspecified atom stereocenters. The molecule has 11 nitrogen and oxygen atoms in total. The summed E-state index contributed by atoms with van der Waals surface area (Å²) in [4.78, 5) is 48.7. The summed E-state index contributed by atoms with van der Waals surface area (Å²) in [6.07, 6.45) is 5.26. The molecule has 3 amide bonds. The number of carbonyl (C=O) groups excluding carboxylic acids is 3. The van der Waals surface area contributed by atoms with Crippen molar-refractivity contribution in [1.29, 1.82) is 0 Å². The maximum atomic E-state index is 12.8. The van der Waals surface area contributed by atoms with Crippen molar-refractivity contribution >= 4 is 35.5 Å². The Labute approximate surface area is 188 Å². The van der Waals surface area contributed by atoms with E-state index >= 15 is 0 Å². The van der Waals surface area contributed by atoms with E-state index in [1.807, 2.05) is 6.26 Å². The average molecular weight is 463 g/mol. The van der Waals surface area contributed by atoms with Gasteiger partial charge >= 0.3 is 5.97 Å². The van der Waals surface area contributed by atoms with Crippen molar-refractivity contribution in [2.45, 2.75) is 63.1 Å². The second kappa shape index (κ2) is 17.8. The van der Waals surface area contributed by atoms with Crippen LogP contribution in [0, 0.1) is 0 Å². The molecule has 0 radical (unpaired) electrons. The van der Waals surface area contributed by atoms with Crippen molar-refractivity contribution in [3.8, 4) is 0 Å². The first kappa shape index (κ1) is 29.1. The third kappa shape index (κ3) is 13.2. The van der Waals surface area contributed by atoms with Gasteiger partial charge in [0.1, 0.15) is 18.1 Å². The standard InChI is InChI=1S/C19H38N6O5S/c1-31-11-8-15(19(29)30)25-18(28)14(7-3-5-10-21)24-17(27)13(6-2-4-9-20)23-16(26)12-22/h13-15H,2-12,20-22H2,1H3,(H,23,26)(H,24,27)(H,25,28)(H,29,30). The fourth-order valence-corrected chi connectivity index (χ4v) is 3.29. The van der Waals surface area contributed by atoms with E-state index in [1.165, 1.54) is 11.8 Å². The molecule has 0 aromatic rings. The Bertz CT molecular complexity index is 566. The Hall–Kier alpha value is -1.89. The predicted octanol–water partition coefficient (Wildman–Crippen LogP) is -1.50. The van der Waals surface area contributed by atoms with Crippen LogP contribution in [0.1, 0.15) is 44.9 Å². The van der Waals surface area contributed by atoms with Crippen LogP contribution in [0.3, 0.4) is 0 Å². The van der Waals surface area contributed by atoms with Crippen molar-refractivity contribution in [1.82, 2.24) is 16.0 Å². The van der Waals surface area contributed by atoms with Gasteiger partial charge in [-0.3, -0.25) is 14.4 Å². The molecule has 0 spiro atoms. The number of nitrogens with two attached hydrogens (primary N) is 3. The molecule has 10 N–H and O–H groups in total. The highest BCUT2D eigenvalue weighted by atomic mass is 32.2. The van der Waals surface area contributed by atoms with E-state index in [0.717, 1.165) is 0 Å². The predicted molar refractivity (Wildman–Crippen MR) is 121 cm³/mol. The quantitative estimate of drug-likeness (QED) is 0.118. The number of rotatable bonds is 18. The number of carbonyl (C=O) groups is 4. The van der Waals surface area contributed by atoms with Crippen LogP contribution >= 0.6 is 11.8 Å². The molecule has 0 heterocycles. The van der Waals surface area contributed by atoms with Gasteiger partial charge in [-0.2, -0.15) is 11.8 Å². The molecule has 0 rings (SSSR count). The van der Waals surface area contributed by atoms with E-state index in [-0.39, 0.29) is 13.0 Å². The Morgan fingerprint density at radius 2 is 1.26 bits per heavy atom. The zero-order valence-corrected chi connectivity index (χ0v) is 19.0. The van der Waals surface area contributed by atoms with Crippen LogP contribution in [0.15, 0.2) is 0 Å². The number of carboxylic acids is 1.